The Labute approximate surface area is 356 Å². The SMILES string of the molecule is Cc1cc(C)c(C(=O)[P+](=O)C(=O)c2c(C)cc(C)c(-c3ccccc3)c2C)c(C)c1.Cc1cc(C)c(C(=O)[P+](=O)C(=O)c2c(C)cc(C)c(-c3ccccc3)c2C)c(C)c1. The Bertz CT molecular complexity index is 2530. The first-order valence-electron chi connectivity index (χ1n) is 19.9. The predicted octanol–water partition coefficient (Wildman–Crippen LogP) is 14.0. The third-order valence-corrected chi connectivity index (χ3v) is 13.4. The normalized spacial score (nSPS) is 11.3. The molecule has 0 aliphatic carbocycles. The molecule has 0 aliphatic rings. The van der Waals surface area contributed by atoms with Crippen LogP contribution in [0.3, 0.4) is 0 Å². The van der Waals surface area contributed by atoms with Crippen LogP contribution >= 0.6 is 15.6 Å². The van der Waals surface area contributed by atoms with Crippen molar-refractivity contribution in [3.63, 3.8) is 0 Å². The molecule has 0 aromatic heterocycles. The lowest BCUT2D eigenvalue weighted by molar-refractivity contribution is 0.103. The maximum absolute atomic E-state index is 13.3. The maximum Gasteiger partial charge on any atom is 0.501 e. The van der Waals surface area contributed by atoms with E-state index in [-0.39, 0.29) is 0 Å². The summed E-state index contributed by atoms with van der Waals surface area (Å²) in [6.45, 7) is 22.6. The fourth-order valence-corrected chi connectivity index (χ4v) is 11.3. The molecule has 0 aliphatic heterocycles. The minimum atomic E-state index is -2.75. The summed E-state index contributed by atoms with van der Waals surface area (Å²) in [5.41, 5.74) is 13.2. The van der Waals surface area contributed by atoms with Crippen molar-refractivity contribution in [2.24, 2.45) is 0 Å². The number of carbonyl (C=O) groups is 4. The molecule has 0 bridgehead atoms. The average Bonchev–Trinajstić information content (AvgIpc) is 3.17. The second-order valence-electron chi connectivity index (χ2n) is 15.9. The van der Waals surface area contributed by atoms with Gasteiger partial charge in [-0.15, -0.1) is 0 Å². The number of aryl methyl sites for hydroxylation is 10. The molecule has 6 nitrogen and oxygen atoms in total. The van der Waals surface area contributed by atoms with Gasteiger partial charge in [-0.2, -0.15) is 0 Å². The molecule has 0 radical (unpaired) electrons. The van der Waals surface area contributed by atoms with Crippen LogP contribution in [0.2, 0.25) is 0 Å². The number of hydrogen-bond donors (Lipinski definition) is 0. The largest absolute Gasteiger partial charge is 0.501 e. The van der Waals surface area contributed by atoms with Crippen molar-refractivity contribution >= 4 is 37.7 Å². The van der Waals surface area contributed by atoms with Gasteiger partial charge in [0.05, 0.1) is 22.3 Å². The van der Waals surface area contributed by atoms with Crippen LogP contribution < -0.4 is 0 Å². The topological polar surface area (TPSA) is 102 Å². The molecule has 2 unspecified atom stereocenters. The summed E-state index contributed by atoms with van der Waals surface area (Å²) < 4.78 is 26.2. The molecule has 0 N–H and O–H groups in total. The van der Waals surface area contributed by atoms with Crippen molar-refractivity contribution in [3.05, 3.63) is 186 Å². The van der Waals surface area contributed by atoms with Crippen molar-refractivity contribution in [1.29, 1.82) is 0 Å². The zero-order valence-corrected chi connectivity index (χ0v) is 38.4. The maximum atomic E-state index is 13.3. The highest BCUT2D eigenvalue weighted by Crippen LogP contribution is 2.41. The Morgan fingerprint density at radius 3 is 0.867 bits per heavy atom. The standard InChI is InChI=1S/2C26H26O3P/c2*1-15-12-16(2)22(17(3)13-15)25(27)30(29)26(28)24-19(5)14-18(4)23(20(24)6)21-10-8-7-9-11-21/h2*7-14H,1-6H3/q2*+1. The Morgan fingerprint density at radius 2 is 0.583 bits per heavy atom. The number of carbonyl (C=O) groups excluding carboxylic acids is 4. The fourth-order valence-electron chi connectivity index (χ4n) is 8.75. The highest BCUT2D eigenvalue weighted by Gasteiger charge is 2.44. The van der Waals surface area contributed by atoms with Gasteiger partial charge in [0.2, 0.25) is 0 Å². The summed E-state index contributed by atoms with van der Waals surface area (Å²) in [7, 11) is -5.50. The molecule has 0 amide bonds. The minimum Gasteiger partial charge on any atom is -0.234 e. The minimum absolute atomic E-state index is 0.385. The zero-order valence-electron chi connectivity index (χ0n) is 36.6. The molecule has 60 heavy (non-hydrogen) atoms. The molecule has 6 aromatic rings. The van der Waals surface area contributed by atoms with Gasteiger partial charge in [0.15, 0.2) is 0 Å². The lowest BCUT2D eigenvalue weighted by Gasteiger charge is -2.14. The first-order valence-corrected chi connectivity index (χ1v) is 22.4. The molecule has 304 valence electrons. The molecule has 8 heteroatoms. The highest BCUT2D eigenvalue weighted by molar-refractivity contribution is 7.80. The van der Waals surface area contributed by atoms with Gasteiger partial charge in [-0.3, -0.25) is 0 Å². The van der Waals surface area contributed by atoms with E-state index in [1.54, 1.807) is 0 Å². The van der Waals surface area contributed by atoms with E-state index in [0.717, 1.165) is 89.0 Å². The Balaban J connectivity index is 0.000000228. The van der Waals surface area contributed by atoms with Crippen LogP contribution in [0.4, 0.5) is 0 Å². The van der Waals surface area contributed by atoms with Crippen LogP contribution in [0.5, 0.6) is 0 Å². The van der Waals surface area contributed by atoms with Crippen molar-refractivity contribution < 1.29 is 28.3 Å². The van der Waals surface area contributed by atoms with Crippen molar-refractivity contribution in [3.8, 4) is 22.3 Å². The second-order valence-corrected chi connectivity index (χ2v) is 18.7. The summed E-state index contributed by atoms with van der Waals surface area (Å²) in [5, 5.41) is 0. The van der Waals surface area contributed by atoms with Gasteiger partial charge < -0.3 is 0 Å². The molecular formula is C52H52O6P2+2. The van der Waals surface area contributed by atoms with Crippen LogP contribution in [-0.4, -0.2) is 22.1 Å². The van der Waals surface area contributed by atoms with Gasteiger partial charge >= 0.3 is 37.7 Å². The second kappa shape index (κ2) is 18.6. The summed E-state index contributed by atoms with van der Waals surface area (Å²) in [6.07, 6.45) is 0. The molecule has 0 saturated heterocycles. The molecular weight excluding hydrogens is 783 g/mol. The molecule has 0 saturated carbocycles. The monoisotopic (exact) mass is 834 g/mol. The third kappa shape index (κ3) is 9.16. The fraction of sp³-hybridized carbons (Fsp3) is 0.231. The highest BCUT2D eigenvalue weighted by atomic mass is 31.1. The number of rotatable bonds is 10. The van der Waals surface area contributed by atoms with E-state index in [9.17, 15) is 28.3 Å². The smallest absolute Gasteiger partial charge is 0.234 e. The van der Waals surface area contributed by atoms with Crippen LogP contribution in [0, 0.1) is 83.1 Å². The summed E-state index contributed by atoms with van der Waals surface area (Å²) in [6, 6.07) is 31.0. The van der Waals surface area contributed by atoms with Crippen LogP contribution in [0.25, 0.3) is 22.3 Å². The third-order valence-electron chi connectivity index (χ3n) is 11.0. The molecule has 0 heterocycles. The lowest BCUT2D eigenvalue weighted by Crippen LogP contribution is -2.09. The summed E-state index contributed by atoms with van der Waals surface area (Å²) >= 11 is 0. The van der Waals surface area contributed by atoms with E-state index in [4.69, 9.17) is 0 Å². The first kappa shape index (κ1) is 45.3. The van der Waals surface area contributed by atoms with E-state index in [0.29, 0.717) is 22.3 Å². The number of benzene rings is 6. The Morgan fingerprint density at radius 1 is 0.333 bits per heavy atom. The lowest BCUT2D eigenvalue weighted by atomic mass is 9.90. The summed E-state index contributed by atoms with van der Waals surface area (Å²) in [4.78, 5) is 52.7. The molecule has 2 atom stereocenters. The average molecular weight is 835 g/mol. The summed E-state index contributed by atoms with van der Waals surface area (Å²) in [5.74, 6) is 0. The van der Waals surface area contributed by atoms with E-state index in [2.05, 4.69) is 0 Å². The van der Waals surface area contributed by atoms with Gasteiger partial charge in [0.25, 0.3) is 0 Å². The van der Waals surface area contributed by atoms with Crippen molar-refractivity contribution in [2.75, 3.05) is 0 Å². The predicted molar refractivity (Wildman–Crippen MR) is 246 cm³/mol. The van der Waals surface area contributed by atoms with Crippen LogP contribution in [0.15, 0.2) is 97.1 Å². The first-order chi connectivity index (χ1) is 28.3. The van der Waals surface area contributed by atoms with Gasteiger partial charge in [0.1, 0.15) is 0 Å². The van der Waals surface area contributed by atoms with Crippen molar-refractivity contribution in [2.45, 2.75) is 83.1 Å². The van der Waals surface area contributed by atoms with Crippen LogP contribution in [-0.2, 0) is 9.13 Å². The van der Waals surface area contributed by atoms with E-state index in [1.807, 2.05) is 180 Å². The van der Waals surface area contributed by atoms with Gasteiger partial charge in [-0.05, 0) is 161 Å². The van der Waals surface area contributed by atoms with E-state index in [1.165, 1.54) is 0 Å². The number of hydrogen-bond acceptors (Lipinski definition) is 6. The van der Waals surface area contributed by atoms with Gasteiger partial charge in [0, 0.05) is 0 Å². The quantitative estimate of drug-likeness (QED) is 0.127. The zero-order chi connectivity index (χ0) is 44.3. The van der Waals surface area contributed by atoms with E-state index >= 15 is 0 Å². The molecule has 0 spiro atoms. The van der Waals surface area contributed by atoms with E-state index < -0.39 is 37.7 Å². The Hall–Kier alpha value is -5.80. The van der Waals surface area contributed by atoms with Gasteiger partial charge in [-0.25, -0.2) is 19.2 Å². The molecule has 6 rings (SSSR count). The van der Waals surface area contributed by atoms with Gasteiger partial charge in [-0.1, -0.05) is 117 Å². The Kier molecular flexibility index (Phi) is 14.1. The molecule has 6 aromatic carbocycles. The van der Waals surface area contributed by atoms with Crippen molar-refractivity contribution in [1.82, 2.24) is 0 Å². The van der Waals surface area contributed by atoms with Crippen LogP contribution in [0.1, 0.15) is 108 Å². The molecule has 0 fully saturated rings.